The van der Waals surface area contributed by atoms with Crippen LogP contribution in [0.2, 0.25) is 0 Å². The van der Waals surface area contributed by atoms with Gasteiger partial charge in [0.15, 0.2) is 0 Å². The Morgan fingerprint density at radius 2 is 1.82 bits per heavy atom. The maximum Gasteiger partial charge on any atom is 0.330 e. The van der Waals surface area contributed by atoms with Crippen molar-refractivity contribution in [2.24, 2.45) is 45.3 Å². The number of aliphatic carboxylic acids is 1. The van der Waals surface area contributed by atoms with E-state index in [1.165, 1.54) is 25.7 Å². The van der Waals surface area contributed by atoms with Crippen molar-refractivity contribution in [2.45, 2.75) is 112 Å². The molecular weight excluding hydrogens is 408 g/mol. The molecule has 3 fully saturated rings. The van der Waals surface area contributed by atoms with Crippen LogP contribution in [0.15, 0.2) is 23.3 Å². The second-order valence-corrected chi connectivity index (χ2v) is 13.6. The van der Waals surface area contributed by atoms with Gasteiger partial charge in [-0.3, -0.25) is 0 Å². The van der Waals surface area contributed by atoms with Gasteiger partial charge in [-0.2, -0.15) is 0 Å². The highest BCUT2D eigenvalue weighted by Crippen LogP contribution is 2.73. The van der Waals surface area contributed by atoms with Gasteiger partial charge in [-0.25, -0.2) is 4.79 Å². The van der Waals surface area contributed by atoms with E-state index in [9.17, 15) is 9.90 Å². The highest BCUT2D eigenvalue weighted by atomic mass is 16.4. The molecule has 0 aromatic carbocycles. The van der Waals surface area contributed by atoms with Crippen molar-refractivity contribution in [2.75, 3.05) is 0 Å². The van der Waals surface area contributed by atoms with Gasteiger partial charge in [0, 0.05) is 5.57 Å². The van der Waals surface area contributed by atoms with Crippen LogP contribution in [-0.2, 0) is 4.79 Å². The van der Waals surface area contributed by atoms with Gasteiger partial charge in [0.1, 0.15) is 0 Å². The Hall–Kier alpha value is -1.09. The monoisotopic (exact) mass is 456 g/mol. The fourth-order valence-corrected chi connectivity index (χ4v) is 9.50. The number of allylic oxidation sites excluding steroid dienone is 3. The molecule has 2 N–H and O–H groups in total. The molecule has 0 bridgehead atoms. The van der Waals surface area contributed by atoms with Gasteiger partial charge in [0.05, 0.1) is 6.10 Å². The van der Waals surface area contributed by atoms with E-state index in [4.69, 9.17) is 5.11 Å². The van der Waals surface area contributed by atoms with Crippen LogP contribution in [0.25, 0.3) is 0 Å². The second-order valence-electron chi connectivity index (χ2n) is 13.6. The van der Waals surface area contributed by atoms with Crippen molar-refractivity contribution in [1.82, 2.24) is 0 Å². The van der Waals surface area contributed by atoms with Crippen LogP contribution in [0.5, 0.6) is 0 Å². The van der Waals surface area contributed by atoms with Gasteiger partial charge in [0.2, 0.25) is 0 Å². The zero-order chi connectivity index (χ0) is 24.4. The lowest BCUT2D eigenvalue weighted by molar-refractivity contribution is -0.132. The molecule has 3 saturated carbocycles. The molecule has 0 aliphatic heterocycles. The van der Waals surface area contributed by atoms with E-state index >= 15 is 0 Å². The lowest BCUT2D eigenvalue weighted by atomic mass is 9.41. The smallest absolute Gasteiger partial charge is 0.330 e. The molecule has 33 heavy (non-hydrogen) atoms. The molecule has 186 valence electrons. The second kappa shape index (κ2) is 8.25. The van der Waals surface area contributed by atoms with E-state index in [1.807, 2.05) is 6.08 Å². The SMILES string of the molecule is C/C(=C/CC[C@H](C)[C@@H]1CC[C@]2(C)C3=CC[C@H]4C(C)(C)C(O)CC[C@]4(C)[C@H]3CC[C@@]12C)C(=O)O. The first-order valence-electron chi connectivity index (χ1n) is 13.6. The Morgan fingerprint density at radius 1 is 1.12 bits per heavy atom. The van der Waals surface area contributed by atoms with Crippen molar-refractivity contribution >= 4 is 5.97 Å². The Labute approximate surface area is 202 Å². The van der Waals surface area contributed by atoms with Gasteiger partial charge in [-0.05, 0) is 110 Å². The maximum absolute atomic E-state index is 11.1. The molecule has 0 amide bonds. The molecule has 0 saturated heterocycles. The number of hydrogen-bond donors (Lipinski definition) is 2. The summed E-state index contributed by atoms with van der Waals surface area (Å²) in [5.74, 6) is 1.75. The molecule has 8 atom stereocenters. The molecule has 0 spiro atoms. The van der Waals surface area contributed by atoms with Crippen LogP contribution in [0.4, 0.5) is 0 Å². The van der Waals surface area contributed by atoms with Gasteiger partial charge in [-0.1, -0.05) is 59.3 Å². The third-order valence-electron chi connectivity index (χ3n) is 12.0. The lowest BCUT2D eigenvalue weighted by Crippen LogP contribution is -2.58. The zero-order valence-corrected chi connectivity index (χ0v) is 22.2. The number of carboxylic acids is 1. The third-order valence-corrected chi connectivity index (χ3v) is 12.0. The minimum Gasteiger partial charge on any atom is -0.478 e. The van der Waals surface area contributed by atoms with Crippen LogP contribution < -0.4 is 0 Å². The minimum atomic E-state index is -0.796. The summed E-state index contributed by atoms with van der Waals surface area (Å²) in [4.78, 5) is 11.1. The highest BCUT2D eigenvalue weighted by Gasteiger charge is 2.65. The van der Waals surface area contributed by atoms with Crippen molar-refractivity contribution in [1.29, 1.82) is 0 Å². The van der Waals surface area contributed by atoms with Crippen LogP contribution in [0.3, 0.4) is 0 Å². The first-order valence-corrected chi connectivity index (χ1v) is 13.6. The Balaban J connectivity index is 1.58. The number of hydrogen-bond acceptors (Lipinski definition) is 2. The standard InChI is InChI=1S/C30H48O3/c1-19(9-8-10-20(2)26(32)33)21-13-17-30(7)23-11-12-24-27(3,4)25(31)15-16-28(24,5)22(23)14-18-29(21,30)6/h10-11,19,21-22,24-25,31H,8-9,12-18H2,1-7H3,(H,32,33)/b20-10-/t19-,21-,22-,24-,25?,28+,29-,30+/m0/s1. The van der Waals surface area contributed by atoms with Gasteiger partial charge in [-0.15, -0.1) is 0 Å². The average molecular weight is 457 g/mol. The molecule has 0 heterocycles. The summed E-state index contributed by atoms with van der Waals surface area (Å²) in [6.07, 6.45) is 14.7. The topological polar surface area (TPSA) is 57.5 Å². The molecule has 0 radical (unpaired) electrons. The van der Waals surface area contributed by atoms with E-state index in [1.54, 1.807) is 12.5 Å². The fraction of sp³-hybridized carbons (Fsp3) is 0.833. The van der Waals surface area contributed by atoms with E-state index in [0.29, 0.717) is 40.1 Å². The predicted molar refractivity (Wildman–Crippen MR) is 135 cm³/mol. The predicted octanol–water partition coefficient (Wildman–Crippen LogP) is 7.40. The van der Waals surface area contributed by atoms with Crippen LogP contribution in [-0.4, -0.2) is 22.3 Å². The quantitative estimate of drug-likeness (QED) is 0.335. The van der Waals surface area contributed by atoms with Crippen molar-refractivity contribution < 1.29 is 15.0 Å². The number of fused-ring (bicyclic) bond motifs is 5. The summed E-state index contributed by atoms with van der Waals surface area (Å²) in [5, 5.41) is 20.0. The van der Waals surface area contributed by atoms with Gasteiger partial charge in [0.25, 0.3) is 0 Å². The van der Waals surface area contributed by atoms with Crippen LogP contribution in [0.1, 0.15) is 106 Å². The molecule has 3 heteroatoms. The van der Waals surface area contributed by atoms with Crippen molar-refractivity contribution in [3.8, 4) is 0 Å². The number of rotatable bonds is 5. The molecule has 4 aliphatic rings. The van der Waals surface area contributed by atoms with Crippen LogP contribution >= 0.6 is 0 Å². The van der Waals surface area contributed by atoms with E-state index in [0.717, 1.165) is 32.1 Å². The third kappa shape index (κ3) is 3.58. The van der Waals surface area contributed by atoms with Gasteiger partial charge < -0.3 is 10.2 Å². The number of aliphatic hydroxyl groups is 1. The van der Waals surface area contributed by atoms with E-state index in [-0.39, 0.29) is 16.9 Å². The summed E-state index contributed by atoms with van der Waals surface area (Å²) < 4.78 is 0. The highest BCUT2D eigenvalue weighted by molar-refractivity contribution is 5.85. The lowest BCUT2D eigenvalue weighted by Gasteiger charge is -2.64. The van der Waals surface area contributed by atoms with Crippen LogP contribution in [0, 0.1) is 45.3 Å². The maximum atomic E-state index is 11.1. The molecule has 1 unspecified atom stereocenters. The molecule has 4 aliphatic carbocycles. The Bertz CT molecular complexity index is 853. The number of aliphatic hydroxyl groups excluding tert-OH is 1. The molecule has 4 rings (SSSR count). The molecule has 0 aromatic heterocycles. The Kier molecular flexibility index (Phi) is 6.25. The minimum absolute atomic E-state index is 0.00892. The average Bonchev–Trinajstić information content (AvgIpc) is 3.02. The number of carbonyl (C=O) groups is 1. The van der Waals surface area contributed by atoms with Crippen molar-refractivity contribution in [3.63, 3.8) is 0 Å². The van der Waals surface area contributed by atoms with E-state index in [2.05, 4.69) is 47.6 Å². The summed E-state index contributed by atoms with van der Waals surface area (Å²) in [6, 6.07) is 0. The Morgan fingerprint density at radius 3 is 2.48 bits per heavy atom. The summed E-state index contributed by atoms with van der Waals surface area (Å²) in [7, 11) is 0. The van der Waals surface area contributed by atoms with Crippen molar-refractivity contribution in [3.05, 3.63) is 23.3 Å². The molecule has 3 nitrogen and oxygen atoms in total. The molecule has 0 aromatic rings. The summed E-state index contributed by atoms with van der Waals surface area (Å²) in [6.45, 7) is 16.5. The fourth-order valence-electron chi connectivity index (χ4n) is 9.50. The number of carboxylic acid groups (broad SMARTS) is 1. The zero-order valence-electron chi connectivity index (χ0n) is 22.2. The first kappa shape index (κ1) is 25.0. The summed E-state index contributed by atoms with van der Waals surface area (Å²) >= 11 is 0. The largest absolute Gasteiger partial charge is 0.478 e. The summed E-state index contributed by atoms with van der Waals surface area (Å²) in [5.41, 5.74) is 3.13. The molecular formula is C30H48O3. The van der Waals surface area contributed by atoms with E-state index < -0.39 is 5.97 Å². The normalized spacial score (nSPS) is 45.5. The van der Waals surface area contributed by atoms with Gasteiger partial charge >= 0.3 is 5.97 Å². The first-order chi connectivity index (χ1) is 15.3.